The van der Waals surface area contributed by atoms with Crippen LogP contribution in [0, 0.1) is 0 Å². The molecule has 118 valence electrons. The molecule has 2 aromatic heterocycles. The van der Waals surface area contributed by atoms with Gasteiger partial charge in [-0.3, -0.25) is 0 Å². The molecule has 2 N–H and O–H groups in total. The van der Waals surface area contributed by atoms with Crippen molar-refractivity contribution in [3.8, 4) is 28.5 Å². The fourth-order valence-corrected chi connectivity index (χ4v) is 2.33. The number of methoxy groups -OCH3 is 3. The number of aromatic nitrogens is 3. The maximum absolute atomic E-state index is 5.65. The van der Waals surface area contributed by atoms with Crippen molar-refractivity contribution in [3.05, 3.63) is 30.5 Å². The number of fused-ring (bicyclic) bond motifs is 1. The zero-order valence-electron chi connectivity index (χ0n) is 13.0. The average Bonchev–Trinajstić information content (AvgIpc) is 2.59. The Hall–Kier alpha value is -3.09. The van der Waals surface area contributed by atoms with Crippen molar-refractivity contribution in [2.45, 2.75) is 0 Å². The molecule has 3 rings (SSSR count). The summed E-state index contributed by atoms with van der Waals surface area (Å²) >= 11 is 0. The van der Waals surface area contributed by atoms with Crippen molar-refractivity contribution < 1.29 is 14.2 Å². The predicted octanol–water partition coefficient (Wildman–Crippen LogP) is 2.30. The molecular formula is C16H16N4O3. The summed E-state index contributed by atoms with van der Waals surface area (Å²) in [7, 11) is 4.73. The summed E-state index contributed by atoms with van der Waals surface area (Å²) in [6.07, 6.45) is 1.72. The van der Waals surface area contributed by atoms with Crippen molar-refractivity contribution >= 4 is 17.0 Å². The monoisotopic (exact) mass is 312 g/mol. The van der Waals surface area contributed by atoms with Gasteiger partial charge >= 0.3 is 0 Å². The normalized spacial score (nSPS) is 10.6. The van der Waals surface area contributed by atoms with Gasteiger partial charge in [-0.05, 0) is 23.8 Å². The maximum Gasteiger partial charge on any atom is 0.227 e. The Balaban J connectivity index is 2.15. The minimum Gasteiger partial charge on any atom is -0.493 e. The van der Waals surface area contributed by atoms with Gasteiger partial charge in [0.1, 0.15) is 0 Å². The van der Waals surface area contributed by atoms with E-state index in [4.69, 9.17) is 19.9 Å². The third-order valence-corrected chi connectivity index (χ3v) is 3.44. The molecule has 23 heavy (non-hydrogen) atoms. The van der Waals surface area contributed by atoms with Crippen LogP contribution in [-0.4, -0.2) is 36.3 Å². The van der Waals surface area contributed by atoms with E-state index in [1.807, 2.05) is 24.3 Å². The minimum absolute atomic E-state index is 0.126. The summed E-state index contributed by atoms with van der Waals surface area (Å²) in [5.41, 5.74) is 7.94. The molecule has 2 heterocycles. The number of hydrogen-bond acceptors (Lipinski definition) is 7. The third kappa shape index (κ3) is 2.68. The van der Waals surface area contributed by atoms with Crippen LogP contribution in [0.4, 0.5) is 5.95 Å². The van der Waals surface area contributed by atoms with Crippen LogP contribution >= 0.6 is 0 Å². The molecule has 0 spiro atoms. The highest BCUT2D eigenvalue weighted by Gasteiger charge is 2.11. The molecule has 7 nitrogen and oxygen atoms in total. The highest BCUT2D eigenvalue weighted by molar-refractivity contribution is 5.86. The lowest BCUT2D eigenvalue weighted by Gasteiger charge is -2.10. The van der Waals surface area contributed by atoms with Crippen LogP contribution < -0.4 is 19.9 Å². The Morgan fingerprint density at radius 2 is 1.65 bits per heavy atom. The van der Waals surface area contributed by atoms with E-state index in [0.29, 0.717) is 28.4 Å². The van der Waals surface area contributed by atoms with Gasteiger partial charge in [-0.25, -0.2) is 4.98 Å². The molecule has 0 saturated heterocycles. The molecule has 0 amide bonds. The number of anilines is 1. The molecule has 7 heteroatoms. The first-order valence-electron chi connectivity index (χ1n) is 6.86. The highest BCUT2D eigenvalue weighted by atomic mass is 16.5. The van der Waals surface area contributed by atoms with Crippen LogP contribution in [0.5, 0.6) is 17.4 Å². The molecule has 0 aliphatic heterocycles. The summed E-state index contributed by atoms with van der Waals surface area (Å²) in [5, 5.41) is 0.689. The summed E-state index contributed by atoms with van der Waals surface area (Å²) in [5.74, 6) is 1.83. The fourth-order valence-electron chi connectivity index (χ4n) is 2.33. The smallest absolute Gasteiger partial charge is 0.227 e. The zero-order valence-corrected chi connectivity index (χ0v) is 13.0. The Bertz CT molecular complexity index is 867. The summed E-state index contributed by atoms with van der Waals surface area (Å²) in [6, 6.07) is 7.55. The van der Waals surface area contributed by atoms with E-state index in [9.17, 15) is 0 Å². The first kappa shape index (κ1) is 14.8. The van der Waals surface area contributed by atoms with Gasteiger partial charge < -0.3 is 19.9 Å². The summed E-state index contributed by atoms with van der Waals surface area (Å²) < 4.78 is 15.9. The number of ether oxygens (including phenoxy) is 3. The SMILES string of the molecule is COc1ccc(-c2cnc3nc(N)nc(OC)c3c2)cc1OC. The molecule has 0 aliphatic rings. The van der Waals surface area contributed by atoms with Crippen molar-refractivity contribution in [1.82, 2.24) is 15.0 Å². The lowest BCUT2D eigenvalue weighted by Crippen LogP contribution is -2.00. The van der Waals surface area contributed by atoms with Gasteiger partial charge in [0.2, 0.25) is 11.8 Å². The van der Waals surface area contributed by atoms with E-state index in [-0.39, 0.29) is 5.95 Å². The van der Waals surface area contributed by atoms with Crippen LogP contribution in [-0.2, 0) is 0 Å². The topological polar surface area (TPSA) is 92.4 Å². The van der Waals surface area contributed by atoms with E-state index in [2.05, 4.69) is 15.0 Å². The third-order valence-electron chi connectivity index (χ3n) is 3.44. The van der Waals surface area contributed by atoms with E-state index < -0.39 is 0 Å². The minimum atomic E-state index is 0.126. The first-order valence-corrected chi connectivity index (χ1v) is 6.86. The van der Waals surface area contributed by atoms with Crippen molar-refractivity contribution in [2.75, 3.05) is 27.1 Å². The van der Waals surface area contributed by atoms with Crippen molar-refractivity contribution in [3.63, 3.8) is 0 Å². The van der Waals surface area contributed by atoms with Crippen molar-refractivity contribution in [2.24, 2.45) is 0 Å². The molecule has 0 fully saturated rings. The van der Waals surface area contributed by atoms with E-state index in [1.165, 1.54) is 7.11 Å². The summed E-state index contributed by atoms with van der Waals surface area (Å²) in [6.45, 7) is 0. The second kappa shape index (κ2) is 5.96. The number of nitrogens with two attached hydrogens (primary N) is 1. The van der Waals surface area contributed by atoms with Gasteiger partial charge in [0.05, 0.1) is 26.7 Å². The van der Waals surface area contributed by atoms with Crippen LogP contribution in [0.25, 0.3) is 22.2 Å². The molecule has 0 unspecified atom stereocenters. The Kier molecular flexibility index (Phi) is 3.84. The Morgan fingerprint density at radius 3 is 2.35 bits per heavy atom. The van der Waals surface area contributed by atoms with Crippen molar-refractivity contribution in [1.29, 1.82) is 0 Å². The summed E-state index contributed by atoms with van der Waals surface area (Å²) in [4.78, 5) is 12.5. The quantitative estimate of drug-likeness (QED) is 0.790. The van der Waals surface area contributed by atoms with Gasteiger partial charge in [-0.1, -0.05) is 6.07 Å². The molecular weight excluding hydrogens is 296 g/mol. The number of nitrogens with zero attached hydrogens (tertiary/aromatic N) is 3. The number of hydrogen-bond donors (Lipinski definition) is 1. The lowest BCUT2D eigenvalue weighted by molar-refractivity contribution is 0.355. The van der Waals surface area contributed by atoms with Crippen LogP contribution in [0.1, 0.15) is 0 Å². The molecule has 0 bridgehead atoms. The van der Waals surface area contributed by atoms with Gasteiger partial charge in [0, 0.05) is 11.8 Å². The van der Waals surface area contributed by atoms with E-state index >= 15 is 0 Å². The Labute approximate surface area is 133 Å². The standard InChI is InChI=1S/C16H16N4O3/c1-21-12-5-4-9(7-13(12)22-2)10-6-11-14(18-8-10)19-16(17)20-15(11)23-3/h4-8H,1-3H3,(H2,17,18,19,20). The Morgan fingerprint density at radius 1 is 0.870 bits per heavy atom. The fraction of sp³-hybridized carbons (Fsp3) is 0.188. The predicted molar refractivity (Wildman–Crippen MR) is 86.8 cm³/mol. The van der Waals surface area contributed by atoms with Gasteiger partial charge in [-0.2, -0.15) is 9.97 Å². The van der Waals surface area contributed by atoms with Gasteiger partial charge in [0.25, 0.3) is 0 Å². The second-order valence-corrected chi connectivity index (χ2v) is 4.76. The highest BCUT2D eigenvalue weighted by Crippen LogP contribution is 2.33. The number of rotatable bonds is 4. The van der Waals surface area contributed by atoms with Gasteiger partial charge in [0.15, 0.2) is 17.1 Å². The molecule has 3 aromatic rings. The molecule has 0 atom stereocenters. The molecule has 0 radical (unpaired) electrons. The number of nitrogen functional groups attached to an aromatic ring is 1. The molecule has 0 aliphatic carbocycles. The maximum atomic E-state index is 5.65. The molecule has 0 saturated carbocycles. The zero-order chi connectivity index (χ0) is 16.4. The molecule has 1 aromatic carbocycles. The van der Waals surface area contributed by atoms with Crippen LogP contribution in [0.2, 0.25) is 0 Å². The second-order valence-electron chi connectivity index (χ2n) is 4.76. The number of benzene rings is 1. The van der Waals surface area contributed by atoms with E-state index in [1.54, 1.807) is 20.4 Å². The van der Waals surface area contributed by atoms with Gasteiger partial charge in [-0.15, -0.1) is 0 Å². The first-order chi connectivity index (χ1) is 11.2. The average molecular weight is 312 g/mol. The van der Waals surface area contributed by atoms with E-state index in [0.717, 1.165) is 11.1 Å². The lowest BCUT2D eigenvalue weighted by atomic mass is 10.1. The number of pyridine rings is 1. The largest absolute Gasteiger partial charge is 0.493 e. The van der Waals surface area contributed by atoms with Crippen LogP contribution in [0.15, 0.2) is 30.5 Å². The van der Waals surface area contributed by atoms with Crippen LogP contribution in [0.3, 0.4) is 0 Å².